The number of benzene rings is 1. The van der Waals surface area contributed by atoms with E-state index in [0.717, 1.165) is 45.1 Å². The molecule has 0 saturated carbocycles. The van der Waals surface area contributed by atoms with Gasteiger partial charge in [0.1, 0.15) is 5.75 Å². The van der Waals surface area contributed by atoms with Gasteiger partial charge in [-0.1, -0.05) is 12.1 Å². The van der Waals surface area contributed by atoms with Gasteiger partial charge < -0.3 is 14.4 Å². The molecule has 4 heteroatoms. The largest absolute Gasteiger partial charge is 0.495 e. The van der Waals surface area contributed by atoms with Crippen molar-refractivity contribution in [3.8, 4) is 5.75 Å². The Hall–Kier alpha value is -1.26. The number of anilines is 1. The van der Waals surface area contributed by atoms with Crippen molar-refractivity contribution in [1.82, 2.24) is 4.90 Å². The van der Waals surface area contributed by atoms with Gasteiger partial charge in [0.2, 0.25) is 0 Å². The third-order valence-electron chi connectivity index (χ3n) is 4.53. The second-order valence-electron chi connectivity index (χ2n) is 5.95. The Morgan fingerprint density at radius 2 is 1.95 bits per heavy atom. The molecule has 0 radical (unpaired) electrons. The van der Waals surface area contributed by atoms with Gasteiger partial charge in [-0.2, -0.15) is 0 Å². The van der Waals surface area contributed by atoms with E-state index in [1.165, 1.54) is 24.9 Å². The minimum absolute atomic E-state index is 0.455. The van der Waals surface area contributed by atoms with Gasteiger partial charge in [0, 0.05) is 39.3 Å². The van der Waals surface area contributed by atoms with Crippen LogP contribution >= 0.6 is 0 Å². The van der Waals surface area contributed by atoms with Gasteiger partial charge in [-0.05, 0) is 31.4 Å². The average molecular weight is 290 g/mol. The molecule has 2 aliphatic heterocycles. The summed E-state index contributed by atoms with van der Waals surface area (Å²) in [6, 6.07) is 8.30. The molecule has 1 aromatic carbocycles. The zero-order chi connectivity index (χ0) is 14.5. The number of hydrogen-bond donors (Lipinski definition) is 0. The molecular weight excluding hydrogens is 264 g/mol. The first-order valence-corrected chi connectivity index (χ1v) is 8.09. The highest BCUT2D eigenvalue weighted by Gasteiger charge is 2.23. The fourth-order valence-corrected chi connectivity index (χ4v) is 3.30. The molecular formula is C17H26N2O2. The fraction of sp³-hybridized carbons (Fsp3) is 0.647. The van der Waals surface area contributed by atoms with Crippen LogP contribution in [0, 0.1) is 0 Å². The van der Waals surface area contributed by atoms with E-state index in [-0.39, 0.29) is 0 Å². The molecule has 2 heterocycles. The van der Waals surface area contributed by atoms with E-state index >= 15 is 0 Å². The Morgan fingerprint density at radius 1 is 1.14 bits per heavy atom. The summed E-state index contributed by atoms with van der Waals surface area (Å²) in [5.74, 6) is 0.974. The minimum atomic E-state index is 0.455. The highest BCUT2D eigenvalue weighted by atomic mass is 16.5. The quantitative estimate of drug-likeness (QED) is 0.850. The molecule has 1 aromatic rings. The molecule has 116 valence electrons. The smallest absolute Gasteiger partial charge is 0.142 e. The first-order chi connectivity index (χ1) is 10.4. The molecule has 1 atom stereocenters. The molecule has 4 nitrogen and oxygen atoms in total. The monoisotopic (exact) mass is 290 g/mol. The molecule has 0 aromatic heterocycles. The van der Waals surface area contributed by atoms with Crippen molar-refractivity contribution in [3.05, 3.63) is 24.3 Å². The van der Waals surface area contributed by atoms with E-state index in [4.69, 9.17) is 9.47 Å². The van der Waals surface area contributed by atoms with Gasteiger partial charge in [0.05, 0.1) is 18.9 Å². The van der Waals surface area contributed by atoms with Crippen LogP contribution in [-0.4, -0.2) is 57.4 Å². The zero-order valence-electron chi connectivity index (χ0n) is 13.0. The van der Waals surface area contributed by atoms with Crippen molar-refractivity contribution in [3.63, 3.8) is 0 Å². The molecule has 0 amide bonds. The summed E-state index contributed by atoms with van der Waals surface area (Å²) in [5.41, 5.74) is 1.22. The van der Waals surface area contributed by atoms with E-state index in [0.29, 0.717) is 6.10 Å². The molecule has 0 bridgehead atoms. The first-order valence-electron chi connectivity index (χ1n) is 8.09. The third-order valence-corrected chi connectivity index (χ3v) is 4.53. The van der Waals surface area contributed by atoms with Crippen LogP contribution in [0.2, 0.25) is 0 Å². The second kappa shape index (κ2) is 7.14. The Kier molecular flexibility index (Phi) is 4.99. The lowest BCUT2D eigenvalue weighted by molar-refractivity contribution is -0.00646. The van der Waals surface area contributed by atoms with Gasteiger partial charge in [0.15, 0.2) is 0 Å². The van der Waals surface area contributed by atoms with Gasteiger partial charge in [-0.3, -0.25) is 4.90 Å². The van der Waals surface area contributed by atoms with E-state index < -0.39 is 0 Å². The van der Waals surface area contributed by atoms with Crippen LogP contribution in [0.3, 0.4) is 0 Å². The summed E-state index contributed by atoms with van der Waals surface area (Å²) in [7, 11) is 1.75. The maximum absolute atomic E-state index is 5.85. The van der Waals surface area contributed by atoms with Gasteiger partial charge in [-0.25, -0.2) is 0 Å². The van der Waals surface area contributed by atoms with Crippen LogP contribution in [0.15, 0.2) is 24.3 Å². The van der Waals surface area contributed by atoms with E-state index in [2.05, 4.69) is 21.9 Å². The van der Waals surface area contributed by atoms with Crippen molar-refractivity contribution in [2.75, 3.05) is 51.3 Å². The van der Waals surface area contributed by atoms with Crippen molar-refractivity contribution in [1.29, 1.82) is 0 Å². The van der Waals surface area contributed by atoms with Crippen molar-refractivity contribution >= 4 is 5.69 Å². The van der Waals surface area contributed by atoms with E-state index in [1.54, 1.807) is 7.11 Å². The molecule has 0 N–H and O–H groups in total. The Labute approximate surface area is 127 Å². The first kappa shape index (κ1) is 14.7. The Bertz CT molecular complexity index is 438. The Balaban J connectivity index is 1.52. The summed E-state index contributed by atoms with van der Waals surface area (Å²) in [5, 5.41) is 0. The maximum atomic E-state index is 5.85. The number of methoxy groups -OCH3 is 1. The molecule has 2 saturated heterocycles. The molecule has 0 spiro atoms. The topological polar surface area (TPSA) is 24.9 Å². The summed E-state index contributed by atoms with van der Waals surface area (Å²) < 4.78 is 11.3. The number of para-hydroxylation sites is 2. The maximum Gasteiger partial charge on any atom is 0.142 e. The predicted octanol–water partition coefficient (Wildman–Crippen LogP) is 2.39. The third kappa shape index (κ3) is 3.69. The normalized spacial score (nSPS) is 24.0. The second-order valence-corrected chi connectivity index (χ2v) is 5.95. The lowest BCUT2D eigenvalue weighted by Crippen LogP contribution is -2.49. The van der Waals surface area contributed by atoms with Crippen LogP contribution in [0.1, 0.15) is 19.3 Å². The molecule has 3 rings (SSSR count). The van der Waals surface area contributed by atoms with Crippen LogP contribution < -0.4 is 9.64 Å². The van der Waals surface area contributed by atoms with Crippen LogP contribution in [0.25, 0.3) is 0 Å². The molecule has 2 aliphatic rings. The number of piperazine rings is 1. The van der Waals surface area contributed by atoms with Gasteiger partial charge >= 0.3 is 0 Å². The van der Waals surface area contributed by atoms with Crippen LogP contribution in [-0.2, 0) is 4.74 Å². The van der Waals surface area contributed by atoms with Gasteiger partial charge in [-0.15, -0.1) is 0 Å². The predicted molar refractivity (Wildman–Crippen MR) is 85.2 cm³/mol. The average Bonchev–Trinajstić information content (AvgIpc) is 2.56. The number of rotatable bonds is 4. The zero-order valence-corrected chi connectivity index (χ0v) is 13.0. The van der Waals surface area contributed by atoms with Crippen molar-refractivity contribution in [2.24, 2.45) is 0 Å². The van der Waals surface area contributed by atoms with Crippen molar-refractivity contribution in [2.45, 2.75) is 25.4 Å². The summed E-state index contributed by atoms with van der Waals surface area (Å²) in [4.78, 5) is 4.97. The number of hydrogen-bond acceptors (Lipinski definition) is 4. The molecule has 21 heavy (non-hydrogen) atoms. The molecule has 0 aliphatic carbocycles. The summed E-state index contributed by atoms with van der Waals surface area (Å²) in [6.45, 7) is 6.39. The summed E-state index contributed by atoms with van der Waals surface area (Å²) in [6.07, 6.45) is 4.24. The number of ether oxygens (including phenoxy) is 2. The standard InChI is InChI=1S/C17H26N2O2/c1-20-17-8-3-2-7-16(17)19-11-9-18(10-12-19)14-15-6-4-5-13-21-15/h2-3,7-8,15H,4-6,9-14H2,1H3. The van der Waals surface area contributed by atoms with Crippen molar-refractivity contribution < 1.29 is 9.47 Å². The van der Waals surface area contributed by atoms with E-state index in [1.807, 2.05) is 12.1 Å². The lowest BCUT2D eigenvalue weighted by atomic mass is 10.1. The van der Waals surface area contributed by atoms with Crippen LogP contribution in [0.5, 0.6) is 5.75 Å². The van der Waals surface area contributed by atoms with E-state index in [9.17, 15) is 0 Å². The van der Waals surface area contributed by atoms with Gasteiger partial charge in [0.25, 0.3) is 0 Å². The highest BCUT2D eigenvalue weighted by molar-refractivity contribution is 5.58. The summed E-state index contributed by atoms with van der Waals surface area (Å²) >= 11 is 0. The fourth-order valence-electron chi connectivity index (χ4n) is 3.30. The number of nitrogens with zero attached hydrogens (tertiary/aromatic N) is 2. The van der Waals surface area contributed by atoms with Crippen LogP contribution in [0.4, 0.5) is 5.69 Å². The molecule has 2 fully saturated rings. The Morgan fingerprint density at radius 3 is 2.67 bits per heavy atom. The minimum Gasteiger partial charge on any atom is -0.495 e. The molecule has 1 unspecified atom stereocenters. The SMILES string of the molecule is COc1ccccc1N1CCN(CC2CCCCO2)CC1. The highest BCUT2D eigenvalue weighted by Crippen LogP contribution is 2.28. The lowest BCUT2D eigenvalue weighted by Gasteiger charge is -2.38.